The molecule has 2 aromatic rings. The van der Waals surface area contributed by atoms with Crippen LogP contribution in [-0.2, 0) is 6.61 Å². The summed E-state index contributed by atoms with van der Waals surface area (Å²) >= 11 is 0. The molecule has 1 aromatic carbocycles. The number of aliphatic hydroxyl groups excluding tert-OH is 1. The maximum absolute atomic E-state index is 11.0. The first-order valence-electron chi connectivity index (χ1n) is 6.07. The van der Waals surface area contributed by atoms with E-state index in [9.17, 15) is 15.0 Å². The monoisotopic (exact) mass is 277 g/mol. The Morgan fingerprint density at radius 1 is 1.40 bits per heavy atom. The first kappa shape index (κ1) is 14.0. The predicted octanol–water partition coefficient (Wildman–Crippen LogP) is 1.29. The summed E-state index contributed by atoms with van der Waals surface area (Å²) in [6, 6.07) is 4.16. The maximum Gasteiger partial charge on any atom is 0.339 e. The minimum Gasteiger partial charge on any atom is -0.507 e. The highest BCUT2D eigenvalue weighted by atomic mass is 16.4. The van der Waals surface area contributed by atoms with Gasteiger partial charge in [-0.1, -0.05) is 19.1 Å². The molecule has 0 radical (unpaired) electrons. The van der Waals surface area contributed by atoms with Gasteiger partial charge in [-0.25, -0.2) is 9.48 Å². The van der Waals surface area contributed by atoms with Crippen molar-refractivity contribution in [3.63, 3.8) is 0 Å². The van der Waals surface area contributed by atoms with Crippen molar-refractivity contribution >= 4 is 5.97 Å². The van der Waals surface area contributed by atoms with E-state index in [2.05, 4.69) is 10.3 Å². The van der Waals surface area contributed by atoms with E-state index in [-0.39, 0.29) is 23.8 Å². The Kier molecular flexibility index (Phi) is 3.71. The summed E-state index contributed by atoms with van der Waals surface area (Å²) in [5, 5.41) is 35.6. The zero-order valence-corrected chi connectivity index (χ0v) is 11.1. The van der Waals surface area contributed by atoms with Gasteiger partial charge in [-0.2, -0.15) is 0 Å². The van der Waals surface area contributed by atoms with Crippen LogP contribution in [0.5, 0.6) is 5.75 Å². The van der Waals surface area contributed by atoms with Gasteiger partial charge >= 0.3 is 5.97 Å². The zero-order valence-electron chi connectivity index (χ0n) is 11.1. The van der Waals surface area contributed by atoms with E-state index in [1.807, 2.05) is 13.8 Å². The van der Waals surface area contributed by atoms with Gasteiger partial charge in [0.25, 0.3) is 0 Å². The quantitative estimate of drug-likeness (QED) is 0.777. The summed E-state index contributed by atoms with van der Waals surface area (Å²) in [6.45, 7) is 3.61. The van der Waals surface area contributed by atoms with Gasteiger partial charge < -0.3 is 15.3 Å². The van der Waals surface area contributed by atoms with E-state index in [0.717, 1.165) is 0 Å². The van der Waals surface area contributed by atoms with E-state index in [1.165, 1.54) is 16.8 Å². The van der Waals surface area contributed by atoms with Crippen molar-refractivity contribution in [2.24, 2.45) is 0 Å². The molecule has 7 nitrogen and oxygen atoms in total. The fourth-order valence-electron chi connectivity index (χ4n) is 2.03. The number of nitrogens with zero attached hydrogens (tertiary/aromatic N) is 3. The fourth-order valence-corrected chi connectivity index (χ4v) is 2.03. The van der Waals surface area contributed by atoms with Gasteiger partial charge in [0.05, 0.1) is 18.0 Å². The smallest absolute Gasteiger partial charge is 0.339 e. The lowest BCUT2D eigenvalue weighted by Crippen LogP contribution is -2.07. The molecule has 0 unspecified atom stereocenters. The average molecular weight is 277 g/mol. The molecule has 0 aliphatic carbocycles. The minimum absolute atomic E-state index is 0.0502. The van der Waals surface area contributed by atoms with Crippen molar-refractivity contribution in [2.45, 2.75) is 26.4 Å². The SMILES string of the molecule is CC(C)c1c(CO)nnn1-c1ccc(O)c(C(=O)O)c1. The average Bonchev–Trinajstić information content (AvgIpc) is 2.82. The zero-order chi connectivity index (χ0) is 14.9. The second-order valence-electron chi connectivity index (χ2n) is 4.65. The number of phenols is 1. The molecule has 0 amide bonds. The highest BCUT2D eigenvalue weighted by Crippen LogP contribution is 2.25. The highest BCUT2D eigenvalue weighted by molar-refractivity contribution is 5.91. The molecule has 0 bridgehead atoms. The second kappa shape index (κ2) is 5.30. The Labute approximate surface area is 115 Å². The molecular weight excluding hydrogens is 262 g/mol. The van der Waals surface area contributed by atoms with Crippen molar-refractivity contribution in [3.8, 4) is 11.4 Å². The third-order valence-corrected chi connectivity index (χ3v) is 2.93. The largest absolute Gasteiger partial charge is 0.507 e. The van der Waals surface area contributed by atoms with E-state index in [0.29, 0.717) is 17.1 Å². The first-order chi connectivity index (χ1) is 9.45. The number of hydrogen-bond donors (Lipinski definition) is 3. The lowest BCUT2D eigenvalue weighted by atomic mass is 10.1. The number of carboxylic acids is 1. The lowest BCUT2D eigenvalue weighted by molar-refractivity contribution is 0.0693. The number of aromatic hydroxyl groups is 1. The Balaban J connectivity index is 2.60. The van der Waals surface area contributed by atoms with Crippen LogP contribution in [0.4, 0.5) is 0 Å². The van der Waals surface area contributed by atoms with Gasteiger partial charge in [-0.15, -0.1) is 5.10 Å². The Hall–Kier alpha value is -2.41. The van der Waals surface area contributed by atoms with E-state index in [4.69, 9.17) is 5.11 Å². The van der Waals surface area contributed by atoms with E-state index >= 15 is 0 Å². The minimum atomic E-state index is -1.22. The number of hydrogen-bond acceptors (Lipinski definition) is 5. The molecule has 3 N–H and O–H groups in total. The van der Waals surface area contributed by atoms with Gasteiger partial charge in [-0.05, 0) is 24.1 Å². The second-order valence-corrected chi connectivity index (χ2v) is 4.65. The number of carboxylic acid groups (broad SMARTS) is 1. The van der Waals surface area contributed by atoms with Crippen molar-refractivity contribution < 1.29 is 20.1 Å². The van der Waals surface area contributed by atoms with Crippen LogP contribution in [0.25, 0.3) is 5.69 Å². The number of benzene rings is 1. The van der Waals surface area contributed by atoms with Gasteiger partial charge in [0.15, 0.2) is 0 Å². The molecule has 0 atom stereocenters. The number of carbonyl (C=O) groups is 1. The molecule has 1 heterocycles. The molecule has 1 aromatic heterocycles. The molecule has 0 aliphatic heterocycles. The van der Waals surface area contributed by atoms with E-state index < -0.39 is 5.97 Å². The summed E-state index contributed by atoms with van der Waals surface area (Å²) in [5.41, 5.74) is 1.41. The molecule has 0 saturated heterocycles. The number of rotatable bonds is 4. The van der Waals surface area contributed by atoms with Crippen molar-refractivity contribution in [1.29, 1.82) is 0 Å². The molecule has 2 rings (SSSR count). The lowest BCUT2D eigenvalue weighted by Gasteiger charge is -2.11. The third-order valence-electron chi connectivity index (χ3n) is 2.93. The standard InChI is InChI=1S/C13H15N3O4/c1-7(2)12-10(6-17)14-15-16(12)8-3-4-11(18)9(5-8)13(19)20/h3-5,7,17-18H,6H2,1-2H3,(H,19,20). The summed E-state index contributed by atoms with van der Waals surface area (Å²) in [4.78, 5) is 11.0. The summed E-state index contributed by atoms with van der Waals surface area (Å²) in [6.07, 6.45) is 0. The number of aliphatic hydroxyl groups is 1. The molecule has 0 saturated carbocycles. The number of aromatic nitrogens is 3. The van der Waals surface area contributed by atoms with Gasteiger partial charge in [-0.3, -0.25) is 0 Å². The molecule has 7 heteroatoms. The van der Waals surface area contributed by atoms with Crippen LogP contribution in [0, 0.1) is 0 Å². The predicted molar refractivity (Wildman–Crippen MR) is 70.0 cm³/mol. The fraction of sp³-hybridized carbons (Fsp3) is 0.308. The Morgan fingerprint density at radius 2 is 2.10 bits per heavy atom. The van der Waals surface area contributed by atoms with Crippen LogP contribution < -0.4 is 0 Å². The van der Waals surface area contributed by atoms with Crippen LogP contribution in [0.3, 0.4) is 0 Å². The van der Waals surface area contributed by atoms with E-state index in [1.54, 1.807) is 6.07 Å². The van der Waals surface area contributed by atoms with Crippen LogP contribution in [0.15, 0.2) is 18.2 Å². The molecule has 20 heavy (non-hydrogen) atoms. The van der Waals surface area contributed by atoms with Gasteiger partial charge in [0.1, 0.15) is 17.0 Å². The molecule has 0 aliphatic rings. The van der Waals surface area contributed by atoms with Crippen molar-refractivity contribution in [1.82, 2.24) is 15.0 Å². The molecule has 106 valence electrons. The van der Waals surface area contributed by atoms with Crippen LogP contribution in [0.1, 0.15) is 41.5 Å². The van der Waals surface area contributed by atoms with Crippen LogP contribution in [-0.4, -0.2) is 36.3 Å². The Bertz CT molecular complexity index is 649. The van der Waals surface area contributed by atoms with Crippen molar-refractivity contribution in [2.75, 3.05) is 0 Å². The van der Waals surface area contributed by atoms with Gasteiger partial charge in [0, 0.05) is 0 Å². The normalized spacial score (nSPS) is 11.0. The van der Waals surface area contributed by atoms with Gasteiger partial charge in [0.2, 0.25) is 0 Å². The molecular formula is C13H15N3O4. The Morgan fingerprint density at radius 3 is 2.65 bits per heavy atom. The third kappa shape index (κ3) is 2.35. The van der Waals surface area contributed by atoms with Crippen LogP contribution >= 0.6 is 0 Å². The topological polar surface area (TPSA) is 108 Å². The summed E-state index contributed by atoms with van der Waals surface area (Å²) < 4.78 is 1.47. The van der Waals surface area contributed by atoms with Crippen molar-refractivity contribution in [3.05, 3.63) is 35.2 Å². The molecule has 0 spiro atoms. The first-order valence-corrected chi connectivity index (χ1v) is 6.07. The summed E-state index contributed by atoms with van der Waals surface area (Å²) in [7, 11) is 0. The summed E-state index contributed by atoms with van der Waals surface area (Å²) in [5.74, 6) is -1.48. The van der Waals surface area contributed by atoms with Crippen LogP contribution in [0.2, 0.25) is 0 Å². The number of aromatic carboxylic acids is 1. The molecule has 0 fully saturated rings. The highest BCUT2D eigenvalue weighted by Gasteiger charge is 2.18. The maximum atomic E-state index is 11.0.